The Bertz CT molecular complexity index is 502. The zero-order valence-electron chi connectivity index (χ0n) is 11.0. The Balaban J connectivity index is 2.31. The van der Waals surface area contributed by atoms with Crippen LogP contribution >= 0.6 is 15.9 Å². The molecular formula is C14H17BrN2O2. The summed E-state index contributed by atoms with van der Waals surface area (Å²) in [4.78, 5) is 26.2. The van der Waals surface area contributed by atoms with Crippen LogP contribution in [0.25, 0.3) is 0 Å². The number of nitrogens with zero attached hydrogens (tertiary/aromatic N) is 1. The van der Waals surface area contributed by atoms with Gasteiger partial charge in [0.1, 0.15) is 6.04 Å². The summed E-state index contributed by atoms with van der Waals surface area (Å²) in [6.07, 6.45) is 0. The largest absolute Gasteiger partial charge is 0.353 e. The van der Waals surface area contributed by atoms with Gasteiger partial charge in [0.05, 0.1) is 5.56 Å². The molecule has 0 spiro atoms. The van der Waals surface area contributed by atoms with Gasteiger partial charge in [-0.05, 0) is 34.0 Å². The first kappa shape index (κ1) is 14.1. The van der Waals surface area contributed by atoms with Gasteiger partial charge in [0.15, 0.2) is 0 Å². The van der Waals surface area contributed by atoms with E-state index in [9.17, 15) is 9.59 Å². The molecule has 1 aromatic carbocycles. The summed E-state index contributed by atoms with van der Waals surface area (Å²) in [5.74, 6) is -0.0746. The van der Waals surface area contributed by atoms with Crippen molar-refractivity contribution in [3.63, 3.8) is 0 Å². The molecule has 1 fully saturated rings. The number of carbonyl (C=O) groups is 2. The van der Waals surface area contributed by atoms with Gasteiger partial charge in [0.2, 0.25) is 5.91 Å². The highest BCUT2D eigenvalue weighted by molar-refractivity contribution is 9.10. The predicted molar refractivity (Wildman–Crippen MR) is 76.8 cm³/mol. The maximum absolute atomic E-state index is 12.6. The van der Waals surface area contributed by atoms with Crippen LogP contribution in [0.5, 0.6) is 0 Å². The fourth-order valence-corrected chi connectivity index (χ4v) is 2.82. The predicted octanol–water partition coefficient (Wildman–Crippen LogP) is 2.05. The number of rotatable bonds is 2. The normalized spacial score (nSPS) is 19.5. The second-order valence-electron chi connectivity index (χ2n) is 4.96. The monoisotopic (exact) mass is 324 g/mol. The highest BCUT2D eigenvalue weighted by Gasteiger charge is 2.35. The molecule has 0 radical (unpaired) electrons. The third-order valence-corrected chi connectivity index (χ3v) is 3.94. The minimum absolute atomic E-state index is 0.0679. The van der Waals surface area contributed by atoms with Gasteiger partial charge in [-0.15, -0.1) is 0 Å². The number of carbonyl (C=O) groups excluding carboxylic acids is 2. The molecule has 19 heavy (non-hydrogen) atoms. The summed E-state index contributed by atoms with van der Waals surface area (Å²) < 4.78 is 0.758. The summed E-state index contributed by atoms with van der Waals surface area (Å²) in [6.45, 7) is 4.97. The van der Waals surface area contributed by atoms with Gasteiger partial charge in [-0.25, -0.2) is 0 Å². The van der Waals surface area contributed by atoms with Crippen molar-refractivity contribution < 1.29 is 9.59 Å². The first-order chi connectivity index (χ1) is 9.02. The Morgan fingerprint density at radius 3 is 2.74 bits per heavy atom. The Morgan fingerprint density at radius 1 is 1.42 bits per heavy atom. The van der Waals surface area contributed by atoms with E-state index in [0.717, 1.165) is 4.47 Å². The van der Waals surface area contributed by atoms with E-state index in [-0.39, 0.29) is 17.7 Å². The average Bonchev–Trinajstić information content (AvgIpc) is 2.37. The number of hydrogen-bond acceptors (Lipinski definition) is 2. The minimum atomic E-state index is -0.395. The number of halogens is 1. The lowest BCUT2D eigenvalue weighted by Gasteiger charge is -2.37. The summed E-state index contributed by atoms with van der Waals surface area (Å²) in [7, 11) is 0. The third-order valence-electron chi connectivity index (χ3n) is 3.25. The van der Waals surface area contributed by atoms with Crippen LogP contribution in [0.3, 0.4) is 0 Å². The Morgan fingerprint density at radius 2 is 2.11 bits per heavy atom. The molecule has 0 aromatic heterocycles. The Labute approximate surface area is 121 Å². The fourth-order valence-electron chi connectivity index (χ4n) is 2.36. The molecule has 1 unspecified atom stereocenters. The molecule has 1 heterocycles. The molecule has 4 nitrogen and oxygen atoms in total. The second kappa shape index (κ2) is 5.74. The van der Waals surface area contributed by atoms with Crippen LogP contribution in [-0.2, 0) is 4.79 Å². The molecule has 5 heteroatoms. The van der Waals surface area contributed by atoms with E-state index in [1.54, 1.807) is 11.0 Å². The van der Waals surface area contributed by atoms with Crippen LogP contribution in [0.15, 0.2) is 28.7 Å². The fraction of sp³-hybridized carbons (Fsp3) is 0.429. The molecule has 2 amide bonds. The molecule has 1 N–H and O–H groups in total. The number of amides is 2. The van der Waals surface area contributed by atoms with Gasteiger partial charge in [-0.3, -0.25) is 9.59 Å². The van der Waals surface area contributed by atoms with E-state index in [1.807, 2.05) is 32.0 Å². The van der Waals surface area contributed by atoms with E-state index >= 15 is 0 Å². The van der Waals surface area contributed by atoms with E-state index < -0.39 is 6.04 Å². The molecular weight excluding hydrogens is 308 g/mol. The van der Waals surface area contributed by atoms with Crippen LogP contribution in [-0.4, -0.2) is 35.8 Å². The van der Waals surface area contributed by atoms with E-state index in [4.69, 9.17) is 0 Å². The van der Waals surface area contributed by atoms with Crippen LogP contribution in [0, 0.1) is 5.92 Å². The quantitative estimate of drug-likeness (QED) is 0.905. The molecule has 1 aromatic rings. The van der Waals surface area contributed by atoms with Crippen LogP contribution in [0.2, 0.25) is 0 Å². The lowest BCUT2D eigenvalue weighted by Crippen LogP contribution is -2.59. The Hall–Kier alpha value is -1.36. The van der Waals surface area contributed by atoms with Crippen LogP contribution < -0.4 is 5.32 Å². The van der Waals surface area contributed by atoms with Gasteiger partial charge in [-0.2, -0.15) is 0 Å². The molecule has 1 saturated heterocycles. The van der Waals surface area contributed by atoms with Gasteiger partial charge in [-0.1, -0.05) is 26.0 Å². The SMILES string of the molecule is CC(C)C1C(=O)NCCN1C(=O)c1ccccc1Br. The van der Waals surface area contributed by atoms with E-state index in [0.29, 0.717) is 18.7 Å². The average molecular weight is 325 g/mol. The van der Waals surface area contributed by atoms with Crippen molar-refractivity contribution in [2.75, 3.05) is 13.1 Å². The van der Waals surface area contributed by atoms with Crippen molar-refractivity contribution in [2.24, 2.45) is 5.92 Å². The summed E-state index contributed by atoms with van der Waals surface area (Å²) >= 11 is 3.39. The van der Waals surface area contributed by atoms with Crippen molar-refractivity contribution in [1.82, 2.24) is 10.2 Å². The smallest absolute Gasteiger partial charge is 0.255 e. The summed E-state index contributed by atoms with van der Waals surface area (Å²) in [5, 5.41) is 2.82. The number of piperazine rings is 1. The third kappa shape index (κ3) is 2.81. The highest BCUT2D eigenvalue weighted by atomic mass is 79.9. The number of nitrogens with one attached hydrogen (secondary N) is 1. The van der Waals surface area contributed by atoms with E-state index in [2.05, 4.69) is 21.2 Å². The molecule has 0 aliphatic carbocycles. The molecule has 1 aliphatic heterocycles. The maximum atomic E-state index is 12.6. The van der Waals surface area contributed by atoms with Crippen molar-refractivity contribution in [2.45, 2.75) is 19.9 Å². The first-order valence-electron chi connectivity index (χ1n) is 6.35. The zero-order chi connectivity index (χ0) is 14.0. The topological polar surface area (TPSA) is 49.4 Å². The molecule has 102 valence electrons. The lowest BCUT2D eigenvalue weighted by atomic mass is 9.98. The van der Waals surface area contributed by atoms with Crippen molar-refractivity contribution in [1.29, 1.82) is 0 Å². The molecule has 1 aliphatic rings. The van der Waals surface area contributed by atoms with Gasteiger partial charge >= 0.3 is 0 Å². The van der Waals surface area contributed by atoms with Crippen molar-refractivity contribution >= 4 is 27.7 Å². The minimum Gasteiger partial charge on any atom is -0.353 e. The molecule has 2 rings (SSSR count). The first-order valence-corrected chi connectivity index (χ1v) is 7.15. The number of hydrogen-bond donors (Lipinski definition) is 1. The second-order valence-corrected chi connectivity index (χ2v) is 5.81. The lowest BCUT2D eigenvalue weighted by molar-refractivity contribution is -0.129. The molecule has 0 bridgehead atoms. The number of benzene rings is 1. The van der Waals surface area contributed by atoms with E-state index in [1.165, 1.54) is 0 Å². The summed E-state index contributed by atoms with van der Waals surface area (Å²) in [5.41, 5.74) is 0.600. The van der Waals surface area contributed by atoms with Gasteiger partial charge in [0.25, 0.3) is 5.91 Å². The maximum Gasteiger partial charge on any atom is 0.255 e. The standard InChI is InChI=1S/C14H17BrN2O2/c1-9(2)12-13(18)16-7-8-17(12)14(19)10-5-3-4-6-11(10)15/h3-6,9,12H,7-8H2,1-2H3,(H,16,18). The zero-order valence-corrected chi connectivity index (χ0v) is 12.6. The Kier molecular flexibility index (Phi) is 4.24. The molecule has 0 saturated carbocycles. The van der Waals surface area contributed by atoms with Crippen LogP contribution in [0.4, 0.5) is 0 Å². The highest BCUT2D eigenvalue weighted by Crippen LogP contribution is 2.22. The van der Waals surface area contributed by atoms with Gasteiger partial charge in [0, 0.05) is 17.6 Å². The molecule has 1 atom stereocenters. The van der Waals surface area contributed by atoms with Gasteiger partial charge < -0.3 is 10.2 Å². The summed E-state index contributed by atoms with van der Waals surface area (Å²) in [6, 6.07) is 6.90. The van der Waals surface area contributed by atoms with Crippen molar-refractivity contribution in [3.05, 3.63) is 34.3 Å². The van der Waals surface area contributed by atoms with Crippen molar-refractivity contribution in [3.8, 4) is 0 Å². The van der Waals surface area contributed by atoms with Crippen LogP contribution in [0.1, 0.15) is 24.2 Å².